The van der Waals surface area contributed by atoms with Gasteiger partial charge in [0.25, 0.3) is 5.91 Å². The van der Waals surface area contributed by atoms with Gasteiger partial charge in [0, 0.05) is 5.39 Å². The van der Waals surface area contributed by atoms with Crippen LogP contribution >= 0.6 is 0 Å². The van der Waals surface area contributed by atoms with Gasteiger partial charge in [-0.05, 0) is 48.9 Å². The molecule has 30 heavy (non-hydrogen) atoms. The summed E-state index contributed by atoms with van der Waals surface area (Å²) in [5.41, 5.74) is 4.99. The first-order chi connectivity index (χ1) is 14.6. The molecule has 150 valence electrons. The lowest BCUT2D eigenvalue weighted by Crippen LogP contribution is -2.20. The van der Waals surface area contributed by atoms with Crippen LogP contribution in [0.25, 0.3) is 11.0 Å². The van der Waals surface area contributed by atoms with Crippen molar-refractivity contribution in [2.45, 2.75) is 13.5 Å². The number of hydrogen-bond donors (Lipinski definition) is 1. The van der Waals surface area contributed by atoms with Crippen LogP contribution in [0.1, 0.15) is 28.6 Å². The number of carbonyl (C=O) groups excluding carboxylic acids is 1. The van der Waals surface area contributed by atoms with Crippen molar-refractivity contribution < 1.29 is 18.3 Å². The molecular formula is C24H19FN2O3. The van der Waals surface area contributed by atoms with Crippen LogP contribution < -0.4 is 10.2 Å². The number of nitrogens with zero attached hydrogens (tertiary/aromatic N) is 1. The molecule has 1 aromatic heterocycles. The highest BCUT2D eigenvalue weighted by molar-refractivity contribution is 6.02. The Balaban J connectivity index is 1.46. The molecule has 0 saturated carbocycles. The molecule has 4 aromatic rings. The van der Waals surface area contributed by atoms with Crippen molar-refractivity contribution >= 4 is 22.6 Å². The third kappa shape index (κ3) is 4.38. The fraction of sp³-hybridized carbons (Fsp3) is 0.0833. The maximum Gasteiger partial charge on any atom is 0.275 e. The van der Waals surface area contributed by atoms with E-state index < -0.39 is 5.91 Å². The van der Waals surface area contributed by atoms with Crippen molar-refractivity contribution in [3.63, 3.8) is 0 Å². The number of para-hydroxylation sites is 2. The average Bonchev–Trinajstić information content (AvgIpc) is 3.21. The van der Waals surface area contributed by atoms with E-state index in [0.29, 0.717) is 22.8 Å². The number of hydrogen-bond acceptors (Lipinski definition) is 4. The average molecular weight is 402 g/mol. The van der Waals surface area contributed by atoms with Crippen LogP contribution in [0.3, 0.4) is 0 Å². The lowest BCUT2D eigenvalue weighted by atomic mass is 10.2. The third-order valence-electron chi connectivity index (χ3n) is 4.55. The van der Waals surface area contributed by atoms with E-state index in [4.69, 9.17) is 9.15 Å². The van der Waals surface area contributed by atoms with Gasteiger partial charge in [0.15, 0.2) is 5.76 Å². The zero-order valence-electron chi connectivity index (χ0n) is 16.3. The topological polar surface area (TPSA) is 63.8 Å². The van der Waals surface area contributed by atoms with Crippen molar-refractivity contribution in [3.05, 3.63) is 102 Å². The number of rotatable bonds is 6. The van der Waals surface area contributed by atoms with Crippen LogP contribution in [0.15, 0.2) is 88.4 Å². The summed E-state index contributed by atoms with van der Waals surface area (Å²) in [6.45, 7) is 1.97. The first-order valence-electron chi connectivity index (χ1n) is 9.40. The minimum absolute atomic E-state index is 0.214. The summed E-state index contributed by atoms with van der Waals surface area (Å²) in [5, 5.41) is 5.13. The van der Waals surface area contributed by atoms with Gasteiger partial charge in [-0.2, -0.15) is 5.10 Å². The molecule has 0 spiro atoms. The monoisotopic (exact) mass is 402 g/mol. The molecule has 0 radical (unpaired) electrons. The van der Waals surface area contributed by atoms with Gasteiger partial charge in [-0.25, -0.2) is 9.82 Å². The first-order valence-corrected chi connectivity index (χ1v) is 9.40. The number of hydrazone groups is 1. The summed E-state index contributed by atoms with van der Waals surface area (Å²) in [4.78, 5) is 12.7. The molecule has 0 aliphatic heterocycles. The fourth-order valence-electron chi connectivity index (χ4n) is 2.93. The summed E-state index contributed by atoms with van der Waals surface area (Å²) in [6, 6.07) is 22.4. The Morgan fingerprint density at radius 3 is 2.57 bits per heavy atom. The molecule has 0 aliphatic carbocycles. The molecule has 0 fully saturated rings. The number of nitrogens with one attached hydrogen (secondary N) is 1. The molecular weight excluding hydrogens is 383 g/mol. The zero-order chi connectivity index (χ0) is 20.9. The molecule has 1 amide bonds. The first kappa shape index (κ1) is 19.4. The predicted molar refractivity (Wildman–Crippen MR) is 113 cm³/mol. The van der Waals surface area contributed by atoms with Crippen LogP contribution in [0.4, 0.5) is 4.39 Å². The smallest absolute Gasteiger partial charge is 0.275 e. The SMILES string of the molecule is C/C(=N\NC(=O)c1ccccc1OCc1ccc(F)cc1)c1cc2ccccc2o1. The molecule has 1 heterocycles. The van der Waals surface area contributed by atoms with Crippen LogP contribution in [-0.4, -0.2) is 11.6 Å². The fourth-order valence-corrected chi connectivity index (χ4v) is 2.93. The molecule has 5 nitrogen and oxygen atoms in total. The molecule has 0 aliphatic rings. The van der Waals surface area contributed by atoms with Crippen LogP contribution in [0.5, 0.6) is 5.75 Å². The maximum atomic E-state index is 13.0. The van der Waals surface area contributed by atoms with Gasteiger partial charge in [-0.3, -0.25) is 4.79 Å². The van der Waals surface area contributed by atoms with Crippen molar-refractivity contribution in [2.75, 3.05) is 0 Å². The van der Waals surface area contributed by atoms with Crippen molar-refractivity contribution in [1.82, 2.24) is 5.43 Å². The van der Waals surface area contributed by atoms with Gasteiger partial charge < -0.3 is 9.15 Å². The van der Waals surface area contributed by atoms with Crippen LogP contribution in [0, 0.1) is 5.82 Å². The second-order valence-electron chi connectivity index (χ2n) is 6.70. The Bertz CT molecular complexity index is 1180. The quantitative estimate of drug-likeness (QED) is 0.351. The number of fused-ring (bicyclic) bond motifs is 1. The van der Waals surface area contributed by atoms with Crippen molar-refractivity contribution in [1.29, 1.82) is 0 Å². The molecule has 3 aromatic carbocycles. The standard InChI is InChI=1S/C24H19FN2O3/c1-16(23-14-18-6-2-4-8-21(18)30-23)26-27-24(28)20-7-3-5-9-22(20)29-15-17-10-12-19(25)13-11-17/h2-14H,15H2,1H3,(H,27,28)/b26-16+. The second kappa shape index (κ2) is 8.61. The van der Waals surface area contributed by atoms with E-state index >= 15 is 0 Å². The van der Waals surface area contributed by atoms with E-state index in [-0.39, 0.29) is 12.4 Å². The highest BCUT2D eigenvalue weighted by Crippen LogP contribution is 2.21. The second-order valence-corrected chi connectivity index (χ2v) is 6.70. The largest absolute Gasteiger partial charge is 0.488 e. The summed E-state index contributed by atoms with van der Waals surface area (Å²) < 4.78 is 24.6. The van der Waals surface area contributed by atoms with Gasteiger partial charge in [-0.15, -0.1) is 0 Å². The predicted octanol–water partition coefficient (Wildman–Crippen LogP) is 5.30. The van der Waals surface area contributed by atoms with E-state index in [1.807, 2.05) is 30.3 Å². The number of ether oxygens (including phenoxy) is 1. The van der Waals surface area contributed by atoms with Crippen LogP contribution in [0.2, 0.25) is 0 Å². The molecule has 1 N–H and O–H groups in total. The third-order valence-corrected chi connectivity index (χ3v) is 4.55. The Morgan fingerprint density at radius 1 is 1.03 bits per heavy atom. The Morgan fingerprint density at radius 2 is 1.77 bits per heavy atom. The number of amides is 1. The van der Waals surface area contributed by atoms with Gasteiger partial charge in [0.05, 0.1) is 5.56 Å². The van der Waals surface area contributed by atoms with E-state index in [1.54, 1.807) is 43.3 Å². The minimum Gasteiger partial charge on any atom is -0.488 e. The normalized spacial score (nSPS) is 11.5. The van der Waals surface area contributed by atoms with Crippen molar-refractivity contribution in [2.24, 2.45) is 5.10 Å². The lowest BCUT2D eigenvalue weighted by Gasteiger charge is -2.10. The lowest BCUT2D eigenvalue weighted by molar-refractivity contribution is 0.0950. The van der Waals surface area contributed by atoms with Gasteiger partial charge in [0.2, 0.25) is 0 Å². The van der Waals surface area contributed by atoms with E-state index in [9.17, 15) is 9.18 Å². The summed E-state index contributed by atoms with van der Waals surface area (Å²) in [7, 11) is 0. The molecule has 0 unspecified atom stereocenters. The van der Waals surface area contributed by atoms with E-state index in [2.05, 4.69) is 10.5 Å². The maximum absolute atomic E-state index is 13.0. The highest BCUT2D eigenvalue weighted by Gasteiger charge is 2.13. The Hall–Kier alpha value is -3.93. The molecule has 0 bridgehead atoms. The minimum atomic E-state index is -0.403. The zero-order valence-corrected chi connectivity index (χ0v) is 16.3. The molecule has 0 atom stereocenters. The Labute approximate surface area is 172 Å². The summed E-state index contributed by atoms with van der Waals surface area (Å²) in [6.07, 6.45) is 0. The van der Waals surface area contributed by atoms with Crippen molar-refractivity contribution in [3.8, 4) is 5.75 Å². The molecule has 0 saturated heterocycles. The highest BCUT2D eigenvalue weighted by atomic mass is 19.1. The summed E-state index contributed by atoms with van der Waals surface area (Å²) >= 11 is 0. The number of carbonyl (C=O) groups is 1. The molecule has 6 heteroatoms. The van der Waals surface area contributed by atoms with E-state index in [0.717, 1.165) is 16.5 Å². The van der Waals surface area contributed by atoms with Gasteiger partial charge in [0.1, 0.15) is 29.5 Å². The Kier molecular flexibility index (Phi) is 5.57. The van der Waals surface area contributed by atoms with Crippen LogP contribution in [-0.2, 0) is 6.61 Å². The van der Waals surface area contributed by atoms with Gasteiger partial charge in [-0.1, -0.05) is 42.5 Å². The number of benzene rings is 3. The van der Waals surface area contributed by atoms with E-state index in [1.165, 1.54) is 12.1 Å². The number of halogens is 1. The molecule has 4 rings (SSSR count). The summed E-state index contributed by atoms with van der Waals surface area (Å²) in [5.74, 6) is 0.282. The number of furan rings is 1. The van der Waals surface area contributed by atoms with Gasteiger partial charge >= 0.3 is 0 Å².